The number of hydrogen-bond donors (Lipinski definition) is 3. The van der Waals surface area contributed by atoms with Crippen LogP contribution in [0.15, 0.2) is 34.3 Å². The fourth-order valence-corrected chi connectivity index (χ4v) is 4.65. The van der Waals surface area contributed by atoms with E-state index in [0.717, 1.165) is 23.3 Å². The number of hydrogen-bond acceptors (Lipinski definition) is 9. The number of nitrogens with two attached hydrogens (primary N) is 1. The van der Waals surface area contributed by atoms with E-state index in [2.05, 4.69) is 26.6 Å². The maximum absolute atomic E-state index is 12.7. The van der Waals surface area contributed by atoms with Crippen LogP contribution in [0.2, 0.25) is 0 Å². The van der Waals surface area contributed by atoms with Gasteiger partial charge in [0.05, 0.1) is 7.11 Å². The molecule has 1 aromatic rings. The Morgan fingerprint density at radius 3 is 2.79 bits per heavy atom. The summed E-state index contributed by atoms with van der Waals surface area (Å²) in [6.45, 7) is 3.57. The summed E-state index contributed by atoms with van der Waals surface area (Å²) in [6, 6.07) is -0.993. The highest BCUT2D eigenvalue weighted by molar-refractivity contribution is 8.00. The van der Waals surface area contributed by atoms with Gasteiger partial charge in [0.15, 0.2) is 10.8 Å². The number of rotatable bonds is 5. The van der Waals surface area contributed by atoms with E-state index in [9.17, 15) is 24.3 Å². The second kappa shape index (κ2) is 8.05. The number of nitrogens with one attached hydrogen (secondary N) is 1. The molecule has 13 heteroatoms. The highest BCUT2D eigenvalue weighted by Crippen LogP contribution is 2.40. The lowest BCUT2D eigenvalue weighted by Crippen LogP contribution is -2.71. The number of carboxylic acid groups (broad SMARTS) is 1. The minimum absolute atomic E-state index is 0.0513. The number of fused-ring (bicyclic) bond motifs is 1. The normalized spacial score (nSPS) is 21.2. The average molecular weight is 437 g/mol. The van der Waals surface area contributed by atoms with Gasteiger partial charge in [-0.3, -0.25) is 14.5 Å². The molecule has 0 unspecified atom stereocenters. The van der Waals surface area contributed by atoms with E-state index < -0.39 is 35.3 Å². The first-order valence-corrected chi connectivity index (χ1v) is 9.93. The molecule has 1 fully saturated rings. The highest BCUT2D eigenvalue weighted by Gasteiger charge is 2.54. The Bertz CT molecular complexity index is 984. The number of carbonyl (C=O) groups excluding carboxylic acids is 3. The monoisotopic (exact) mass is 437 g/mol. The predicted molar refractivity (Wildman–Crippen MR) is 105 cm³/mol. The molecule has 29 heavy (non-hydrogen) atoms. The van der Waals surface area contributed by atoms with Gasteiger partial charge in [0.25, 0.3) is 11.8 Å². The Labute approximate surface area is 172 Å². The first-order chi connectivity index (χ1) is 13.8. The second-order valence-electron chi connectivity index (χ2n) is 5.75. The molecular weight excluding hydrogens is 422 g/mol. The lowest BCUT2D eigenvalue weighted by atomic mass is 10.0. The van der Waals surface area contributed by atoms with Crippen molar-refractivity contribution in [3.8, 4) is 0 Å². The molecule has 0 bridgehead atoms. The molecule has 3 rings (SSSR count). The van der Waals surface area contributed by atoms with Crippen LogP contribution in [-0.4, -0.2) is 68.9 Å². The van der Waals surface area contributed by atoms with Crippen molar-refractivity contribution in [2.24, 2.45) is 4.99 Å². The summed E-state index contributed by atoms with van der Waals surface area (Å²) in [5.74, 6) is -2.37. The number of anilines is 1. The number of ether oxygens (including phenoxy) is 1. The molecule has 2 aliphatic rings. The molecule has 0 spiro atoms. The van der Waals surface area contributed by atoms with Gasteiger partial charge < -0.3 is 20.9 Å². The van der Waals surface area contributed by atoms with Crippen LogP contribution >= 0.6 is 23.1 Å². The second-order valence-corrected chi connectivity index (χ2v) is 7.74. The number of nitrogens with zero attached hydrogens (tertiary/aromatic N) is 3. The minimum Gasteiger partial charge on any atom is -0.477 e. The molecular formula is C16H15N5O6S2. The number of nitrogen functional groups attached to an aromatic ring is 1. The van der Waals surface area contributed by atoms with Crippen LogP contribution < -0.4 is 11.1 Å². The summed E-state index contributed by atoms with van der Waals surface area (Å²) < 4.78 is 4.45. The Morgan fingerprint density at radius 2 is 2.24 bits per heavy atom. The molecule has 3 heterocycles. The largest absolute Gasteiger partial charge is 0.477 e. The van der Waals surface area contributed by atoms with Gasteiger partial charge in [-0.25, -0.2) is 14.6 Å². The average Bonchev–Trinajstić information content (AvgIpc) is 3.14. The molecule has 1 aromatic heterocycles. The van der Waals surface area contributed by atoms with Crippen LogP contribution in [0.3, 0.4) is 0 Å². The van der Waals surface area contributed by atoms with Crippen LogP contribution in [0.4, 0.5) is 9.93 Å². The van der Waals surface area contributed by atoms with Gasteiger partial charge in [-0.2, -0.15) is 4.99 Å². The van der Waals surface area contributed by atoms with Crippen molar-refractivity contribution in [2.45, 2.75) is 11.4 Å². The molecule has 1 saturated heterocycles. The number of aliphatic imine (C=N–C) groups is 1. The maximum atomic E-state index is 12.7. The molecule has 0 saturated carbocycles. The zero-order chi connectivity index (χ0) is 21.3. The van der Waals surface area contributed by atoms with E-state index in [1.807, 2.05) is 0 Å². The van der Waals surface area contributed by atoms with Crippen molar-refractivity contribution in [3.05, 3.63) is 35.0 Å². The molecule has 2 atom stereocenters. The van der Waals surface area contributed by atoms with Gasteiger partial charge in [0.2, 0.25) is 0 Å². The van der Waals surface area contributed by atoms with Crippen LogP contribution in [-0.2, 0) is 19.1 Å². The van der Waals surface area contributed by atoms with Crippen molar-refractivity contribution >= 4 is 57.8 Å². The number of aliphatic carboxylic acids is 1. The summed E-state index contributed by atoms with van der Waals surface area (Å²) in [5, 5.41) is 12.9. The van der Waals surface area contributed by atoms with Gasteiger partial charge in [-0.15, -0.1) is 23.1 Å². The van der Waals surface area contributed by atoms with Crippen molar-refractivity contribution < 1.29 is 29.0 Å². The molecule has 2 aliphatic heterocycles. The van der Waals surface area contributed by atoms with Crippen LogP contribution in [0.1, 0.15) is 5.69 Å². The fraction of sp³-hybridized carbons (Fsp3) is 0.250. The zero-order valence-corrected chi connectivity index (χ0v) is 16.6. The predicted octanol–water partition coefficient (Wildman–Crippen LogP) is 0.205. The number of carboxylic acids is 1. The number of aromatic nitrogens is 1. The Morgan fingerprint density at radius 1 is 1.52 bits per heavy atom. The maximum Gasteiger partial charge on any atom is 0.434 e. The number of amides is 3. The SMILES string of the molecule is C=CC1=C(C(=O)O)N2C(=O)[C@@H](NC(=O)/C(=N\C(=O)OC)c3csc(N)n3)[C@H]2SC1. The Hall–Kier alpha value is -3.19. The third-order valence-electron chi connectivity index (χ3n) is 4.09. The van der Waals surface area contributed by atoms with E-state index in [1.165, 1.54) is 23.2 Å². The van der Waals surface area contributed by atoms with Crippen LogP contribution in [0, 0.1) is 0 Å². The Balaban J connectivity index is 1.84. The van der Waals surface area contributed by atoms with Gasteiger partial charge in [-0.05, 0) is 5.57 Å². The first-order valence-electron chi connectivity index (χ1n) is 8.01. The lowest BCUT2D eigenvalue weighted by Gasteiger charge is -2.49. The summed E-state index contributed by atoms with van der Waals surface area (Å²) in [4.78, 5) is 57.0. The highest BCUT2D eigenvalue weighted by atomic mass is 32.2. The van der Waals surface area contributed by atoms with E-state index in [-0.39, 0.29) is 22.2 Å². The smallest absolute Gasteiger partial charge is 0.434 e. The number of carbonyl (C=O) groups is 4. The number of β-lactam (4-membered cyclic amide) rings is 1. The quantitative estimate of drug-likeness (QED) is 0.431. The lowest BCUT2D eigenvalue weighted by molar-refractivity contribution is -0.150. The molecule has 11 nitrogen and oxygen atoms in total. The van der Waals surface area contributed by atoms with E-state index in [0.29, 0.717) is 11.3 Å². The molecule has 4 N–H and O–H groups in total. The van der Waals surface area contributed by atoms with Crippen molar-refractivity contribution in [3.63, 3.8) is 0 Å². The van der Waals surface area contributed by atoms with Crippen LogP contribution in [0.25, 0.3) is 0 Å². The number of methoxy groups -OCH3 is 1. The van der Waals surface area contributed by atoms with Gasteiger partial charge in [-0.1, -0.05) is 12.7 Å². The summed E-state index contributed by atoms with van der Waals surface area (Å²) in [6.07, 6.45) is 0.363. The summed E-state index contributed by atoms with van der Waals surface area (Å²) in [5.41, 5.74) is 5.52. The zero-order valence-electron chi connectivity index (χ0n) is 14.9. The molecule has 0 aromatic carbocycles. The summed E-state index contributed by atoms with van der Waals surface area (Å²) in [7, 11) is 1.10. The van der Waals surface area contributed by atoms with Gasteiger partial charge in [0, 0.05) is 11.1 Å². The first kappa shape index (κ1) is 20.5. The molecule has 0 aliphatic carbocycles. The van der Waals surface area contributed by atoms with Gasteiger partial charge >= 0.3 is 12.1 Å². The number of thioether (sulfide) groups is 1. The van der Waals surface area contributed by atoms with E-state index in [1.54, 1.807) is 0 Å². The van der Waals surface area contributed by atoms with Crippen molar-refractivity contribution in [1.29, 1.82) is 0 Å². The minimum atomic E-state index is -1.26. The van der Waals surface area contributed by atoms with E-state index in [4.69, 9.17) is 5.73 Å². The third kappa shape index (κ3) is 3.73. The van der Waals surface area contributed by atoms with Crippen LogP contribution in [0.5, 0.6) is 0 Å². The standard InChI is InChI=1S/C16H15N5O6S2/c1-3-6-4-28-13-9(12(23)21(13)10(6)14(24)25)19-11(22)8(20-16(26)27-2)7-5-29-15(17)18-7/h3,5,9,13H,1,4H2,2H3,(H2,17,18)(H,19,22)(H,24,25)/b20-8-/t9-,13-/m1/s1. The third-order valence-corrected chi connectivity index (χ3v) is 6.07. The van der Waals surface area contributed by atoms with Crippen molar-refractivity contribution in [1.82, 2.24) is 15.2 Å². The topological polar surface area (TPSA) is 164 Å². The number of thiazole rings is 1. The number of allylic oxidation sites excluding steroid dienone is 1. The molecule has 3 amide bonds. The summed E-state index contributed by atoms with van der Waals surface area (Å²) >= 11 is 2.33. The van der Waals surface area contributed by atoms with Crippen molar-refractivity contribution in [2.75, 3.05) is 18.6 Å². The molecule has 0 radical (unpaired) electrons. The molecule has 152 valence electrons. The van der Waals surface area contributed by atoms with Gasteiger partial charge in [0.1, 0.15) is 22.8 Å². The fourth-order valence-electron chi connectivity index (χ4n) is 2.77. The van der Waals surface area contributed by atoms with E-state index >= 15 is 0 Å². The Kier molecular flexibility index (Phi) is 5.70.